The molecule has 0 aliphatic rings. The minimum Gasteiger partial charge on any atom is -0.357 e. The second-order valence-corrected chi connectivity index (χ2v) is 7.41. The van der Waals surface area contributed by atoms with Crippen LogP contribution in [-0.4, -0.2) is 39.0 Å². The van der Waals surface area contributed by atoms with Crippen LogP contribution in [-0.2, 0) is 16.4 Å². The third kappa shape index (κ3) is 6.43. The van der Waals surface area contributed by atoms with Crippen molar-refractivity contribution in [2.75, 3.05) is 24.6 Å². The first-order valence-electron chi connectivity index (χ1n) is 7.35. The van der Waals surface area contributed by atoms with E-state index in [0.29, 0.717) is 31.2 Å². The van der Waals surface area contributed by atoms with Crippen LogP contribution in [0.25, 0.3) is 0 Å². The first-order chi connectivity index (χ1) is 10.4. The zero-order valence-corrected chi connectivity index (χ0v) is 14.1. The molecule has 5 nitrogen and oxygen atoms in total. The molecule has 0 aliphatic carbocycles. The van der Waals surface area contributed by atoms with Crippen LogP contribution in [0.4, 0.5) is 4.39 Å². The standard InChI is InChI=1S/C15H24FN3O2S/c1-4-17-15(18-8-9-22(20,21)5-2)19-11-13-7-6-12(3)14(16)10-13/h6-7,10H,4-5,8-9,11H2,1-3H3,(H2,17,18,19). The van der Waals surface area contributed by atoms with Crippen molar-refractivity contribution in [3.8, 4) is 0 Å². The topological polar surface area (TPSA) is 70.6 Å². The van der Waals surface area contributed by atoms with E-state index < -0.39 is 9.84 Å². The zero-order chi connectivity index (χ0) is 16.6. The van der Waals surface area contributed by atoms with Crippen molar-refractivity contribution in [2.45, 2.75) is 27.3 Å². The van der Waals surface area contributed by atoms with Gasteiger partial charge in [0.15, 0.2) is 15.8 Å². The number of benzene rings is 1. The summed E-state index contributed by atoms with van der Waals surface area (Å²) in [6.07, 6.45) is 0. The van der Waals surface area contributed by atoms with Crippen molar-refractivity contribution in [2.24, 2.45) is 4.99 Å². The quantitative estimate of drug-likeness (QED) is 0.589. The molecule has 0 bridgehead atoms. The summed E-state index contributed by atoms with van der Waals surface area (Å²) in [7, 11) is -3.00. The number of aliphatic imine (C=N–C) groups is 1. The van der Waals surface area contributed by atoms with Gasteiger partial charge in [0.2, 0.25) is 0 Å². The van der Waals surface area contributed by atoms with Crippen LogP contribution in [0.15, 0.2) is 23.2 Å². The minimum absolute atomic E-state index is 0.0626. The molecule has 1 rings (SSSR count). The molecule has 1 aromatic rings. The van der Waals surface area contributed by atoms with Crippen molar-refractivity contribution in [1.29, 1.82) is 0 Å². The van der Waals surface area contributed by atoms with Gasteiger partial charge in [-0.1, -0.05) is 19.1 Å². The minimum atomic E-state index is -3.00. The summed E-state index contributed by atoms with van der Waals surface area (Å²) < 4.78 is 36.4. The van der Waals surface area contributed by atoms with Crippen molar-refractivity contribution in [3.63, 3.8) is 0 Å². The normalized spacial score (nSPS) is 12.3. The lowest BCUT2D eigenvalue weighted by molar-refractivity contribution is 0.595. The molecule has 0 aliphatic heterocycles. The van der Waals surface area contributed by atoms with Crippen molar-refractivity contribution in [3.05, 3.63) is 35.1 Å². The van der Waals surface area contributed by atoms with Gasteiger partial charge in [0.25, 0.3) is 0 Å². The summed E-state index contributed by atoms with van der Waals surface area (Å²) in [4.78, 5) is 4.33. The van der Waals surface area contributed by atoms with Crippen LogP contribution < -0.4 is 10.6 Å². The van der Waals surface area contributed by atoms with E-state index in [1.54, 1.807) is 19.9 Å². The van der Waals surface area contributed by atoms with Gasteiger partial charge in [-0.3, -0.25) is 0 Å². The van der Waals surface area contributed by atoms with Crippen molar-refractivity contribution < 1.29 is 12.8 Å². The third-order valence-electron chi connectivity index (χ3n) is 3.15. The second kappa shape index (κ2) is 8.73. The fourth-order valence-electron chi connectivity index (χ4n) is 1.72. The van der Waals surface area contributed by atoms with E-state index in [1.165, 1.54) is 6.07 Å². The number of hydrogen-bond acceptors (Lipinski definition) is 3. The summed E-state index contributed by atoms with van der Waals surface area (Å²) in [5.41, 5.74) is 1.36. The number of hydrogen-bond donors (Lipinski definition) is 2. The molecule has 0 fully saturated rings. The Balaban J connectivity index is 2.63. The predicted molar refractivity (Wildman–Crippen MR) is 88.3 cm³/mol. The second-order valence-electron chi connectivity index (χ2n) is 4.94. The summed E-state index contributed by atoms with van der Waals surface area (Å²) in [5, 5.41) is 6.01. The maximum Gasteiger partial charge on any atom is 0.191 e. The highest BCUT2D eigenvalue weighted by atomic mass is 32.2. The average Bonchev–Trinajstić information content (AvgIpc) is 2.48. The molecule has 0 spiro atoms. The maximum atomic E-state index is 13.5. The van der Waals surface area contributed by atoms with Crippen molar-refractivity contribution in [1.82, 2.24) is 10.6 Å². The Morgan fingerprint density at radius 3 is 2.59 bits per heavy atom. The Bertz CT molecular complexity index is 615. The zero-order valence-electron chi connectivity index (χ0n) is 13.3. The Labute approximate surface area is 132 Å². The number of sulfone groups is 1. The lowest BCUT2D eigenvalue weighted by atomic mass is 10.1. The highest BCUT2D eigenvalue weighted by Gasteiger charge is 2.07. The summed E-state index contributed by atoms with van der Waals surface area (Å²) >= 11 is 0. The number of nitrogens with zero attached hydrogens (tertiary/aromatic N) is 1. The molecule has 0 amide bonds. The number of nitrogens with one attached hydrogen (secondary N) is 2. The first-order valence-corrected chi connectivity index (χ1v) is 9.17. The van der Waals surface area contributed by atoms with Gasteiger partial charge in [0, 0.05) is 18.8 Å². The molecule has 0 saturated heterocycles. The summed E-state index contributed by atoms with van der Waals surface area (Å²) in [6, 6.07) is 5.01. The van der Waals surface area contributed by atoms with Gasteiger partial charge >= 0.3 is 0 Å². The molecule has 0 radical (unpaired) electrons. The third-order valence-corrected chi connectivity index (χ3v) is 4.85. The van der Waals surface area contributed by atoms with Gasteiger partial charge in [-0.2, -0.15) is 0 Å². The molecule has 0 heterocycles. The molecule has 0 aromatic heterocycles. The van der Waals surface area contributed by atoms with E-state index in [9.17, 15) is 12.8 Å². The Morgan fingerprint density at radius 2 is 2.00 bits per heavy atom. The summed E-state index contributed by atoms with van der Waals surface area (Å²) in [6.45, 7) is 6.54. The molecular weight excluding hydrogens is 305 g/mol. The first kappa shape index (κ1) is 18.4. The molecular formula is C15H24FN3O2S. The van der Waals surface area contributed by atoms with E-state index in [-0.39, 0.29) is 17.3 Å². The fourth-order valence-corrected chi connectivity index (χ4v) is 2.42. The van der Waals surface area contributed by atoms with Gasteiger partial charge in [-0.05, 0) is 31.0 Å². The average molecular weight is 329 g/mol. The highest BCUT2D eigenvalue weighted by molar-refractivity contribution is 7.91. The molecule has 7 heteroatoms. The Hall–Kier alpha value is -1.63. The van der Waals surface area contributed by atoms with Crippen LogP contribution >= 0.6 is 0 Å². The summed E-state index contributed by atoms with van der Waals surface area (Å²) in [5.74, 6) is 0.465. The molecule has 2 N–H and O–H groups in total. The molecule has 1 aromatic carbocycles. The van der Waals surface area contributed by atoms with Crippen LogP contribution in [0.3, 0.4) is 0 Å². The molecule has 0 unspecified atom stereocenters. The van der Waals surface area contributed by atoms with Gasteiger partial charge in [0.05, 0.1) is 12.3 Å². The molecule has 0 saturated carbocycles. The van der Waals surface area contributed by atoms with E-state index in [1.807, 2.05) is 13.0 Å². The van der Waals surface area contributed by atoms with E-state index in [4.69, 9.17) is 0 Å². The predicted octanol–water partition coefficient (Wildman–Crippen LogP) is 1.62. The highest BCUT2D eigenvalue weighted by Crippen LogP contribution is 2.09. The monoisotopic (exact) mass is 329 g/mol. The van der Waals surface area contributed by atoms with Gasteiger partial charge in [-0.25, -0.2) is 17.8 Å². The fraction of sp³-hybridized carbons (Fsp3) is 0.533. The lowest BCUT2D eigenvalue weighted by Crippen LogP contribution is -2.39. The van der Waals surface area contributed by atoms with Crippen LogP contribution in [0.5, 0.6) is 0 Å². The van der Waals surface area contributed by atoms with E-state index in [0.717, 1.165) is 5.56 Å². The smallest absolute Gasteiger partial charge is 0.191 e. The van der Waals surface area contributed by atoms with Crippen LogP contribution in [0, 0.1) is 12.7 Å². The van der Waals surface area contributed by atoms with Gasteiger partial charge < -0.3 is 10.6 Å². The molecule has 0 atom stereocenters. The SMILES string of the molecule is CCNC(=NCc1ccc(C)c(F)c1)NCCS(=O)(=O)CC. The van der Waals surface area contributed by atoms with Gasteiger partial charge in [0.1, 0.15) is 5.82 Å². The molecule has 124 valence electrons. The number of rotatable bonds is 7. The maximum absolute atomic E-state index is 13.5. The number of aryl methyl sites for hydroxylation is 1. The molecule has 22 heavy (non-hydrogen) atoms. The number of guanidine groups is 1. The van der Waals surface area contributed by atoms with Gasteiger partial charge in [-0.15, -0.1) is 0 Å². The largest absolute Gasteiger partial charge is 0.357 e. The number of halogens is 1. The van der Waals surface area contributed by atoms with Crippen LogP contribution in [0.1, 0.15) is 25.0 Å². The Morgan fingerprint density at radius 1 is 1.27 bits per heavy atom. The Kier molecular flexibility index (Phi) is 7.31. The van der Waals surface area contributed by atoms with E-state index in [2.05, 4.69) is 15.6 Å². The van der Waals surface area contributed by atoms with Crippen LogP contribution in [0.2, 0.25) is 0 Å². The lowest BCUT2D eigenvalue weighted by Gasteiger charge is -2.11. The van der Waals surface area contributed by atoms with Crippen molar-refractivity contribution >= 4 is 15.8 Å². The van der Waals surface area contributed by atoms with E-state index >= 15 is 0 Å².